The van der Waals surface area contributed by atoms with Crippen LogP contribution in [0.4, 0.5) is 5.82 Å². The van der Waals surface area contributed by atoms with Crippen molar-refractivity contribution < 1.29 is 4.79 Å². The summed E-state index contributed by atoms with van der Waals surface area (Å²) in [5, 5.41) is 3.62. The van der Waals surface area contributed by atoms with Crippen LogP contribution in [0.25, 0.3) is 0 Å². The van der Waals surface area contributed by atoms with Crippen LogP contribution in [0.1, 0.15) is 27.8 Å². The van der Waals surface area contributed by atoms with Gasteiger partial charge in [-0.3, -0.25) is 4.79 Å². The molecule has 0 spiro atoms. The molecule has 0 aliphatic carbocycles. The maximum atomic E-state index is 11.2. The average Bonchev–Trinajstić information content (AvgIpc) is 3.00. The predicted octanol–water partition coefficient (Wildman–Crippen LogP) is 2.77. The fourth-order valence-electron chi connectivity index (χ4n) is 2.41. The fourth-order valence-corrected chi connectivity index (χ4v) is 2.63. The number of amides is 1. The number of nitrogens with one attached hydrogen (secondary N) is 1. The maximum absolute atomic E-state index is 11.2. The first-order valence-electron chi connectivity index (χ1n) is 7.30. The number of aryl methyl sites for hydroxylation is 1. The zero-order chi connectivity index (χ0) is 17.1. The van der Waals surface area contributed by atoms with Crippen LogP contribution in [0, 0.1) is 0 Å². The Morgan fingerprint density at radius 1 is 1.29 bits per heavy atom. The summed E-state index contributed by atoms with van der Waals surface area (Å²) >= 11 is 6.25. The highest BCUT2D eigenvalue weighted by Crippen LogP contribution is 2.28. The number of carbonyl (C=O) groups excluding carboxylic acids is 1. The van der Waals surface area contributed by atoms with Crippen molar-refractivity contribution in [1.82, 2.24) is 14.5 Å². The van der Waals surface area contributed by atoms with E-state index in [1.165, 1.54) is 12.3 Å². The Balaban J connectivity index is 1.99. The summed E-state index contributed by atoms with van der Waals surface area (Å²) < 4.78 is 1.93. The van der Waals surface area contributed by atoms with Gasteiger partial charge in [0.25, 0.3) is 0 Å². The molecule has 0 aliphatic heterocycles. The van der Waals surface area contributed by atoms with Gasteiger partial charge in [-0.1, -0.05) is 41.9 Å². The largest absolute Gasteiger partial charge is 0.366 e. The molecule has 0 saturated heterocycles. The molecule has 2 aromatic heterocycles. The number of pyridine rings is 1. The van der Waals surface area contributed by atoms with E-state index in [-0.39, 0.29) is 11.6 Å². The van der Waals surface area contributed by atoms with Crippen molar-refractivity contribution in [2.45, 2.75) is 6.04 Å². The second-order valence-electron chi connectivity index (χ2n) is 5.30. The molecule has 1 amide bonds. The monoisotopic (exact) mass is 341 g/mol. The first kappa shape index (κ1) is 16.0. The van der Waals surface area contributed by atoms with E-state index >= 15 is 0 Å². The highest BCUT2D eigenvalue weighted by Gasteiger charge is 2.20. The number of carbonyl (C=O) groups is 1. The summed E-state index contributed by atoms with van der Waals surface area (Å²) in [5.41, 5.74) is 6.53. The molecule has 122 valence electrons. The van der Waals surface area contributed by atoms with Crippen LogP contribution in [0.5, 0.6) is 0 Å². The first-order chi connectivity index (χ1) is 11.6. The van der Waals surface area contributed by atoms with Gasteiger partial charge in [0.05, 0.1) is 10.6 Å². The third-order valence-electron chi connectivity index (χ3n) is 3.66. The number of nitrogens with zero attached hydrogens (tertiary/aromatic N) is 3. The van der Waals surface area contributed by atoms with Crippen LogP contribution in [-0.2, 0) is 7.05 Å². The quantitative estimate of drug-likeness (QED) is 0.747. The van der Waals surface area contributed by atoms with Crippen molar-refractivity contribution in [3.05, 3.63) is 77.0 Å². The number of nitrogens with two attached hydrogens (primary N) is 1. The van der Waals surface area contributed by atoms with Crippen molar-refractivity contribution in [3.63, 3.8) is 0 Å². The topological polar surface area (TPSA) is 85.8 Å². The smallest absolute Gasteiger partial charge is 0.250 e. The van der Waals surface area contributed by atoms with Gasteiger partial charge in [0, 0.05) is 25.6 Å². The molecular weight excluding hydrogens is 326 g/mol. The Kier molecular flexibility index (Phi) is 4.48. The normalized spacial score (nSPS) is 11.9. The van der Waals surface area contributed by atoms with Crippen LogP contribution in [0.15, 0.2) is 55.0 Å². The van der Waals surface area contributed by atoms with Gasteiger partial charge in [0.15, 0.2) is 0 Å². The Labute approximate surface area is 144 Å². The molecule has 7 heteroatoms. The Hall–Kier alpha value is -2.86. The molecule has 0 aliphatic rings. The summed E-state index contributed by atoms with van der Waals surface area (Å²) in [7, 11) is 1.92. The molecular formula is C17H16ClN5O. The maximum Gasteiger partial charge on any atom is 0.250 e. The van der Waals surface area contributed by atoms with Crippen LogP contribution in [0.3, 0.4) is 0 Å². The van der Waals surface area contributed by atoms with Gasteiger partial charge in [0.1, 0.15) is 17.7 Å². The lowest BCUT2D eigenvalue weighted by Crippen LogP contribution is -2.18. The SMILES string of the molecule is Cn1ccnc1C(Nc1ncc(C(N)=O)cc1Cl)c1ccccc1. The number of benzene rings is 1. The van der Waals surface area contributed by atoms with Gasteiger partial charge in [-0.05, 0) is 11.6 Å². The van der Waals surface area contributed by atoms with Gasteiger partial charge in [-0.25, -0.2) is 9.97 Å². The van der Waals surface area contributed by atoms with Gasteiger partial charge < -0.3 is 15.6 Å². The van der Waals surface area contributed by atoms with E-state index in [9.17, 15) is 4.79 Å². The number of imidazole rings is 1. The summed E-state index contributed by atoms with van der Waals surface area (Å²) in [6, 6.07) is 11.1. The predicted molar refractivity (Wildman–Crippen MR) is 92.9 cm³/mol. The van der Waals surface area contributed by atoms with E-state index in [1.807, 2.05) is 48.1 Å². The van der Waals surface area contributed by atoms with Gasteiger partial charge >= 0.3 is 0 Å². The summed E-state index contributed by atoms with van der Waals surface area (Å²) in [4.78, 5) is 19.9. The molecule has 1 unspecified atom stereocenters. The molecule has 3 N–H and O–H groups in total. The summed E-state index contributed by atoms with van der Waals surface area (Å²) in [5.74, 6) is 0.705. The lowest BCUT2D eigenvalue weighted by atomic mass is 10.1. The number of primary amides is 1. The van der Waals surface area contributed by atoms with Crippen molar-refractivity contribution in [2.24, 2.45) is 12.8 Å². The lowest BCUT2D eigenvalue weighted by molar-refractivity contribution is 0.1000. The van der Waals surface area contributed by atoms with E-state index < -0.39 is 5.91 Å². The molecule has 0 fully saturated rings. The van der Waals surface area contributed by atoms with E-state index in [4.69, 9.17) is 17.3 Å². The molecule has 3 aromatic rings. The number of aromatic nitrogens is 3. The highest BCUT2D eigenvalue weighted by atomic mass is 35.5. The third kappa shape index (κ3) is 3.23. The minimum absolute atomic E-state index is 0.240. The summed E-state index contributed by atoms with van der Waals surface area (Å²) in [6.07, 6.45) is 5.01. The zero-order valence-corrected chi connectivity index (χ0v) is 13.7. The molecule has 0 bridgehead atoms. The van der Waals surface area contributed by atoms with E-state index in [1.54, 1.807) is 6.20 Å². The molecule has 1 aromatic carbocycles. The number of hydrogen-bond donors (Lipinski definition) is 2. The number of rotatable bonds is 5. The van der Waals surface area contributed by atoms with Crippen LogP contribution in [0.2, 0.25) is 5.02 Å². The first-order valence-corrected chi connectivity index (χ1v) is 7.68. The third-order valence-corrected chi connectivity index (χ3v) is 3.94. The molecule has 0 saturated carbocycles. The average molecular weight is 342 g/mol. The van der Waals surface area contributed by atoms with Gasteiger partial charge in [-0.2, -0.15) is 0 Å². The number of anilines is 1. The summed E-state index contributed by atoms with van der Waals surface area (Å²) in [6.45, 7) is 0. The second kappa shape index (κ2) is 6.72. The van der Waals surface area contributed by atoms with E-state index in [0.717, 1.165) is 11.4 Å². The van der Waals surface area contributed by atoms with E-state index in [0.29, 0.717) is 10.8 Å². The van der Waals surface area contributed by atoms with Crippen LogP contribution >= 0.6 is 11.6 Å². The molecule has 0 radical (unpaired) electrons. The standard InChI is InChI=1S/C17H16ClN5O/c1-23-8-7-20-17(23)14(11-5-3-2-4-6-11)22-16-13(18)9-12(10-21-16)15(19)24/h2-10,14H,1H3,(H2,19,24)(H,21,22). The van der Waals surface area contributed by atoms with Crippen LogP contribution in [-0.4, -0.2) is 20.4 Å². The van der Waals surface area contributed by atoms with Crippen molar-refractivity contribution in [1.29, 1.82) is 0 Å². The number of hydrogen-bond acceptors (Lipinski definition) is 4. The number of halogens is 1. The molecule has 24 heavy (non-hydrogen) atoms. The zero-order valence-electron chi connectivity index (χ0n) is 13.0. The van der Waals surface area contributed by atoms with Crippen molar-refractivity contribution in [3.8, 4) is 0 Å². The molecule has 6 nitrogen and oxygen atoms in total. The Morgan fingerprint density at radius 2 is 2.04 bits per heavy atom. The molecule has 1 atom stereocenters. The fraction of sp³-hybridized carbons (Fsp3) is 0.118. The highest BCUT2D eigenvalue weighted by molar-refractivity contribution is 6.33. The van der Waals surface area contributed by atoms with Gasteiger partial charge in [0.2, 0.25) is 5.91 Å². The minimum atomic E-state index is -0.570. The Morgan fingerprint density at radius 3 is 2.62 bits per heavy atom. The van der Waals surface area contributed by atoms with Crippen molar-refractivity contribution in [2.75, 3.05) is 5.32 Å². The minimum Gasteiger partial charge on any atom is -0.366 e. The van der Waals surface area contributed by atoms with Gasteiger partial charge in [-0.15, -0.1) is 0 Å². The molecule has 3 rings (SSSR count). The van der Waals surface area contributed by atoms with Crippen molar-refractivity contribution >= 4 is 23.3 Å². The second-order valence-corrected chi connectivity index (χ2v) is 5.71. The Bertz CT molecular complexity index is 862. The van der Waals surface area contributed by atoms with Crippen LogP contribution < -0.4 is 11.1 Å². The lowest BCUT2D eigenvalue weighted by Gasteiger charge is -2.20. The molecule has 2 heterocycles. The van der Waals surface area contributed by atoms with E-state index in [2.05, 4.69) is 15.3 Å².